The SMILES string of the molecule is CC/C=C\C/C=C\C/C=C\C/C=C\C/C=C\C/C=C\C/C=C\C/C=C\C/C=C\C/C=C\C/C=C\C/C=C\CCCCCCC(=O)NC(COC1OC(CO)C(OC2OC(CO)C(O)C(O)C2O)C(O)C1O)C(O)/C=C/CCCCCCCCCC. The summed E-state index contributed by atoms with van der Waals surface area (Å²) >= 11 is 0. The summed E-state index contributed by atoms with van der Waals surface area (Å²) in [7, 11) is 0. The number of carbonyl (C=O) groups excluding carboxylic acids is 1. The molecule has 12 unspecified atom stereocenters. The molecule has 0 radical (unpaired) electrons. The first-order valence-corrected chi connectivity index (χ1v) is 32.2. The summed E-state index contributed by atoms with van der Waals surface area (Å²) in [5.74, 6) is -0.273. The van der Waals surface area contributed by atoms with E-state index in [4.69, 9.17) is 18.9 Å². The van der Waals surface area contributed by atoms with E-state index in [0.717, 1.165) is 128 Å². The summed E-state index contributed by atoms with van der Waals surface area (Å²) in [5.41, 5.74) is 0. The molecule has 1 amide bonds. The Morgan fingerprint density at radius 2 is 0.812 bits per heavy atom. The van der Waals surface area contributed by atoms with Crippen molar-refractivity contribution in [2.45, 2.75) is 261 Å². The molecule has 2 rings (SSSR count). The van der Waals surface area contributed by atoms with Crippen LogP contribution in [0.5, 0.6) is 0 Å². The number of rotatable bonds is 49. The maximum atomic E-state index is 13.2. The van der Waals surface area contributed by atoms with E-state index >= 15 is 0 Å². The van der Waals surface area contributed by atoms with E-state index in [1.807, 2.05) is 6.08 Å². The fourth-order valence-corrected chi connectivity index (χ4v) is 9.33. The molecule has 0 aromatic heterocycles. The van der Waals surface area contributed by atoms with Gasteiger partial charge in [0.25, 0.3) is 0 Å². The molecule has 0 aromatic rings. The van der Waals surface area contributed by atoms with Gasteiger partial charge in [-0.05, 0) is 109 Å². The van der Waals surface area contributed by atoms with Gasteiger partial charge in [-0.25, -0.2) is 0 Å². The van der Waals surface area contributed by atoms with Crippen molar-refractivity contribution >= 4 is 5.91 Å². The predicted octanol–water partition coefficient (Wildman–Crippen LogP) is 12.3. The summed E-state index contributed by atoms with van der Waals surface area (Å²) in [4.78, 5) is 13.2. The Morgan fingerprint density at radius 1 is 0.435 bits per heavy atom. The third-order valence-electron chi connectivity index (χ3n) is 14.5. The molecule has 0 bridgehead atoms. The molecule has 2 heterocycles. The molecule has 14 nitrogen and oxygen atoms in total. The van der Waals surface area contributed by atoms with Crippen molar-refractivity contribution in [3.63, 3.8) is 0 Å². The Balaban J connectivity index is 1.63. The summed E-state index contributed by atoms with van der Waals surface area (Å²) in [6, 6.07) is -0.938. The van der Waals surface area contributed by atoms with Gasteiger partial charge in [-0.15, -0.1) is 0 Å². The molecule has 0 aromatic carbocycles. The Hall–Kier alpha value is -4.39. The topological polar surface area (TPSA) is 228 Å². The Kier molecular flexibility index (Phi) is 48.6. The molecular formula is C71H113NO13. The molecule has 0 saturated carbocycles. The maximum absolute atomic E-state index is 13.2. The van der Waals surface area contributed by atoms with Crippen LogP contribution in [0.25, 0.3) is 0 Å². The number of aliphatic hydroxyl groups is 8. The lowest BCUT2D eigenvalue weighted by Gasteiger charge is -2.46. The van der Waals surface area contributed by atoms with E-state index in [1.165, 1.54) is 32.1 Å². The van der Waals surface area contributed by atoms with E-state index < -0.39 is 86.8 Å². The van der Waals surface area contributed by atoms with Crippen molar-refractivity contribution in [3.05, 3.63) is 158 Å². The molecule has 0 spiro atoms. The summed E-state index contributed by atoms with van der Waals surface area (Å²) < 4.78 is 22.7. The zero-order chi connectivity index (χ0) is 61.6. The second-order valence-electron chi connectivity index (χ2n) is 21.8. The van der Waals surface area contributed by atoms with Crippen LogP contribution >= 0.6 is 0 Å². The standard InChI is InChI=1S/C71H113NO13/c1-3-5-7-9-11-13-15-16-17-18-19-20-21-22-23-24-25-26-27-28-29-30-31-32-33-34-35-36-37-38-39-40-41-42-43-44-45-47-49-51-53-55-63(76)72-59(60(75)54-52-50-48-46-14-12-10-8-6-4-2)58-82-70-68(81)66(79)69(62(57-74)84-70)85-71-67(80)65(78)64(77)61(56-73)83-71/h5,7,11,13,16-17,19-20,22-23,25-26,28-29,31-32,34-35,37-38,40-41,43-44,52,54,59-62,64-71,73-75,77-81H,3-4,6,8-10,12,14-15,18,21,24,27,30,33,36,39,42,45-51,53,55-58H2,1-2H3,(H,72,76)/b7-5-,13-11-,17-16-,20-19-,23-22-,26-25-,29-28-,32-31-,35-34-,38-37-,41-40-,44-43-,54-52+. The quantitative estimate of drug-likeness (QED) is 0.0204. The fourth-order valence-electron chi connectivity index (χ4n) is 9.33. The molecule has 2 saturated heterocycles. The zero-order valence-corrected chi connectivity index (χ0v) is 51.8. The number of ether oxygens (including phenoxy) is 4. The van der Waals surface area contributed by atoms with Gasteiger partial charge in [-0.1, -0.05) is 230 Å². The second-order valence-corrected chi connectivity index (χ2v) is 21.8. The van der Waals surface area contributed by atoms with E-state index in [0.29, 0.717) is 6.42 Å². The van der Waals surface area contributed by atoms with Crippen LogP contribution in [0.15, 0.2) is 158 Å². The first kappa shape index (κ1) is 76.7. The lowest BCUT2D eigenvalue weighted by Crippen LogP contribution is -2.65. The number of hydrogen-bond acceptors (Lipinski definition) is 13. The molecule has 9 N–H and O–H groups in total. The van der Waals surface area contributed by atoms with Gasteiger partial charge in [-0.3, -0.25) is 4.79 Å². The molecule has 2 aliphatic heterocycles. The molecule has 0 aliphatic carbocycles. The lowest BCUT2D eigenvalue weighted by molar-refractivity contribution is -0.359. The number of hydrogen-bond donors (Lipinski definition) is 9. The third kappa shape index (κ3) is 38.5. The van der Waals surface area contributed by atoms with E-state index in [9.17, 15) is 45.6 Å². The third-order valence-corrected chi connectivity index (χ3v) is 14.5. The number of amides is 1. The minimum absolute atomic E-state index is 0.241. The van der Waals surface area contributed by atoms with Crippen molar-refractivity contribution in [2.24, 2.45) is 0 Å². The smallest absolute Gasteiger partial charge is 0.220 e. The van der Waals surface area contributed by atoms with E-state index in [-0.39, 0.29) is 18.9 Å². The number of allylic oxidation sites excluding steroid dienone is 25. The highest BCUT2D eigenvalue weighted by atomic mass is 16.7. The van der Waals surface area contributed by atoms with Crippen molar-refractivity contribution in [1.82, 2.24) is 5.32 Å². The Bertz CT molecular complexity index is 2030. The summed E-state index contributed by atoms with van der Waals surface area (Å²) in [5, 5.41) is 86.9. The van der Waals surface area contributed by atoms with Crippen LogP contribution in [-0.2, 0) is 23.7 Å². The average molecular weight is 1190 g/mol. The van der Waals surface area contributed by atoms with Gasteiger partial charge in [0.05, 0.1) is 32.0 Å². The highest BCUT2D eigenvalue weighted by molar-refractivity contribution is 5.76. The molecule has 2 fully saturated rings. The Labute approximate surface area is 512 Å². The minimum atomic E-state index is -1.80. The normalized spacial score (nSPS) is 24.6. The average Bonchev–Trinajstić information content (AvgIpc) is 2.93. The van der Waals surface area contributed by atoms with Crippen LogP contribution in [0.1, 0.15) is 187 Å². The number of carbonyl (C=O) groups is 1. The van der Waals surface area contributed by atoms with Crippen LogP contribution < -0.4 is 5.32 Å². The highest BCUT2D eigenvalue weighted by Gasteiger charge is 2.51. The van der Waals surface area contributed by atoms with Gasteiger partial charge in [-0.2, -0.15) is 0 Å². The van der Waals surface area contributed by atoms with Gasteiger partial charge >= 0.3 is 0 Å². The van der Waals surface area contributed by atoms with Crippen LogP contribution in [-0.4, -0.2) is 140 Å². The second kappa shape index (κ2) is 53.8. The summed E-state index contributed by atoms with van der Waals surface area (Å²) in [6.07, 6.45) is 66.0. The first-order valence-electron chi connectivity index (χ1n) is 32.2. The maximum Gasteiger partial charge on any atom is 0.220 e. The van der Waals surface area contributed by atoms with Crippen molar-refractivity contribution < 1.29 is 64.6 Å². The van der Waals surface area contributed by atoms with Crippen molar-refractivity contribution in [2.75, 3.05) is 19.8 Å². The fraction of sp³-hybridized carbons (Fsp3) is 0.620. The monoisotopic (exact) mass is 1190 g/mol. The van der Waals surface area contributed by atoms with E-state index in [1.54, 1.807) is 6.08 Å². The largest absolute Gasteiger partial charge is 0.394 e. The van der Waals surface area contributed by atoms with Crippen molar-refractivity contribution in [3.8, 4) is 0 Å². The number of nitrogens with one attached hydrogen (secondary N) is 1. The number of unbranched alkanes of at least 4 members (excludes halogenated alkanes) is 12. The van der Waals surface area contributed by atoms with Gasteiger partial charge < -0.3 is 65.1 Å². The van der Waals surface area contributed by atoms with Gasteiger partial charge in [0, 0.05) is 6.42 Å². The summed E-state index contributed by atoms with van der Waals surface area (Å²) in [6.45, 7) is 2.60. The molecular weight excluding hydrogens is 1070 g/mol. The first-order chi connectivity index (χ1) is 41.6. The van der Waals surface area contributed by atoms with Crippen LogP contribution in [0.3, 0.4) is 0 Å². The van der Waals surface area contributed by atoms with E-state index in [2.05, 4.69) is 165 Å². The minimum Gasteiger partial charge on any atom is -0.394 e. The zero-order valence-electron chi connectivity index (χ0n) is 51.8. The van der Waals surface area contributed by atoms with Crippen LogP contribution in [0.4, 0.5) is 0 Å². The van der Waals surface area contributed by atoms with Crippen molar-refractivity contribution in [1.29, 1.82) is 0 Å². The Morgan fingerprint density at radius 3 is 1.25 bits per heavy atom. The van der Waals surface area contributed by atoms with Crippen LogP contribution in [0.2, 0.25) is 0 Å². The van der Waals surface area contributed by atoms with Gasteiger partial charge in [0.15, 0.2) is 12.6 Å². The number of aliphatic hydroxyl groups excluding tert-OH is 8. The molecule has 480 valence electrons. The molecule has 12 atom stereocenters. The van der Waals surface area contributed by atoms with Gasteiger partial charge in [0.2, 0.25) is 5.91 Å². The van der Waals surface area contributed by atoms with Crippen LogP contribution in [0, 0.1) is 0 Å². The lowest BCUT2D eigenvalue weighted by atomic mass is 9.97. The molecule has 85 heavy (non-hydrogen) atoms. The predicted molar refractivity (Wildman–Crippen MR) is 345 cm³/mol. The van der Waals surface area contributed by atoms with Gasteiger partial charge in [0.1, 0.15) is 48.8 Å². The highest BCUT2D eigenvalue weighted by Crippen LogP contribution is 2.30. The molecule has 2 aliphatic rings. The molecule has 14 heteroatoms.